The van der Waals surface area contributed by atoms with Gasteiger partial charge in [0.05, 0.1) is 13.7 Å². The van der Waals surface area contributed by atoms with Gasteiger partial charge in [-0.3, -0.25) is 0 Å². The number of halogens is 1. The van der Waals surface area contributed by atoms with Crippen LogP contribution in [0.1, 0.15) is 27.7 Å². The highest BCUT2D eigenvalue weighted by Gasteiger charge is 2.58. The number of methoxy groups -OCH3 is 1. The van der Waals surface area contributed by atoms with Gasteiger partial charge in [-0.05, 0) is 43.6 Å². The van der Waals surface area contributed by atoms with Gasteiger partial charge >= 0.3 is 5.97 Å². The van der Waals surface area contributed by atoms with E-state index in [0.29, 0.717) is 12.4 Å². The number of carbonyl (C=O) groups is 1. The topological polar surface area (TPSA) is 72.5 Å². The van der Waals surface area contributed by atoms with E-state index < -0.39 is 29.8 Å². The van der Waals surface area contributed by atoms with Crippen LogP contribution < -0.4 is 0 Å². The molecule has 0 aromatic carbocycles. The summed E-state index contributed by atoms with van der Waals surface area (Å²) in [4.78, 5) is 11.8. The third-order valence-electron chi connectivity index (χ3n) is 3.95. The van der Waals surface area contributed by atoms with Crippen molar-refractivity contribution >= 4 is 21.9 Å². The third kappa shape index (κ3) is 3.15. The fourth-order valence-electron chi connectivity index (χ4n) is 3.04. The molecule has 3 fully saturated rings. The maximum absolute atomic E-state index is 11.8. The number of hydrogen-bond acceptors (Lipinski definition) is 7. The molecule has 0 bridgehead atoms. The number of fused-ring (bicyclic) bond motifs is 1. The molecule has 3 aliphatic rings. The first-order valence-corrected chi connectivity index (χ1v) is 8.25. The van der Waals surface area contributed by atoms with Gasteiger partial charge in [0.15, 0.2) is 17.7 Å². The molecule has 0 spiro atoms. The van der Waals surface area contributed by atoms with Crippen LogP contribution in [-0.2, 0) is 33.2 Å². The number of carbonyl (C=O) groups excluding carboxylic acids is 1. The molecule has 0 radical (unpaired) electrons. The van der Waals surface area contributed by atoms with Crippen molar-refractivity contribution in [3.8, 4) is 0 Å². The van der Waals surface area contributed by atoms with E-state index >= 15 is 0 Å². The zero-order chi connectivity index (χ0) is 17.0. The molecule has 3 aliphatic heterocycles. The largest absolute Gasteiger partial charge is 0.485 e. The quantitative estimate of drug-likeness (QED) is 0.524. The Morgan fingerprint density at radius 1 is 1.13 bits per heavy atom. The molecule has 130 valence electrons. The Morgan fingerprint density at radius 2 is 1.83 bits per heavy atom. The first kappa shape index (κ1) is 17.2. The molecular formula is C15H21BrO7. The van der Waals surface area contributed by atoms with Crippen molar-refractivity contribution < 1.29 is 33.2 Å². The van der Waals surface area contributed by atoms with Crippen molar-refractivity contribution in [3.05, 3.63) is 10.2 Å². The van der Waals surface area contributed by atoms with Gasteiger partial charge in [-0.2, -0.15) is 0 Å². The van der Waals surface area contributed by atoms with Crippen LogP contribution in [0.2, 0.25) is 0 Å². The summed E-state index contributed by atoms with van der Waals surface area (Å²) >= 11 is 3.24. The molecule has 4 atom stereocenters. The lowest BCUT2D eigenvalue weighted by Crippen LogP contribution is -2.40. The molecule has 0 unspecified atom stereocenters. The summed E-state index contributed by atoms with van der Waals surface area (Å²) in [5, 5.41) is 0. The van der Waals surface area contributed by atoms with Gasteiger partial charge in [0.25, 0.3) is 0 Å². The van der Waals surface area contributed by atoms with Crippen LogP contribution in [0.3, 0.4) is 0 Å². The van der Waals surface area contributed by atoms with Gasteiger partial charge < -0.3 is 28.4 Å². The molecule has 3 rings (SSSR count). The zero-order valence-electron chi connectivity index (χ0n) is 13.8. The second kappa shape index (κ2) is 5.70. The molecule has 0 aliphatic carbocycles. The second-order valence-electron chi connectivity index (χ2n) is 6.64. The lowest BCUT2D eigenvalue weighted by atomic mass is 10.1. The van der Waals surface area contributed by atoms with Gasteiger partial charge in [0.1, 0.15) is 28.6 Å². The van der Waals surface area contributed by atoms with Gasteiger partial charge in [0.2, 0.25) is 0 Å². The van der Waals surface area contributed by atoms with Crippen molar-refractivity contribution in [1.29, 1.82) is 0 Å². The van der Waals surface area contributed by atoms with E-state index in [1.807, 2.05) is 27.7 Å². The molecule has 0 amide bonds. The number of hydrogen-bond donors (Lipinski definition) is 0. The molecule has 3 heterocycles. The van der Waals surface area contributed by atoms with E-state index in [4.69, 9.17) is 28.4 Å². The van der Waals surface area contributed by atoms with Crippen LogP contribution in [0.15, 0.2) is 10.2 Å². The first-order valence-electron chi connectivity index (χ1n) is 7.45. The van der Waals surface area contributed by atoms with Crippen molar-refractivity contribution in [1.82, 2.24) is 0 Å². The molecule has 8 heteroatoms. The fourth-order valence-corrected chi connectivity index (χ4v) is 3.53. The summed E-state index contributed by atoms with van der Waals surface area (Å²) in [5.74, 6) is -1.62. The highest BCUT2D eigenvalue weighted by molar-refractivity contribution is 9.12. The molecule has 7 nitrogen and oxygen atoms in total. The van der Waals surface area contributed by atoms with Crippen LogP contribution in [-0.4, -0.2) is 55.7 Å². The standard InChI is InChI=1S/C15H21BrO7/c1-14(2)19-6-7(21-14)9-11-12(23-15(3,4)22-11)10(20-9)8(16)13(17)18-5/h7,9,11-12H,6H2,1-5H3/b10-8+/t7-,9-,11+,12-/m1/s1. The number of rotatable bonds is 2. The molecule has 3 saturated heterocycles. The van der Waals surface area contributed by atoms with Gasteiger partial charge in [-0.15, -0.1) is 0 Å². The van der Waals surface area contributed by atoms with Crippen molar-refractivity contribution in [2.75, 3.05) is 13.7 Å². The average molecular weight is 393 g/mol. The predicted molar refractivity (Wildman–Crippen MR) is 81.6 cm³/mol. The average Bonchev–Trinajstić information content (AvgIpc) is 3.07. The Labute approximate surface area is 143 Å². The highest BCUT2D eigenvalue weighted by atomic mass is 79.9. The van der Waals surface area contributed by atoms with E-state index in [1.54, 1.807) is 0 Å². The van der Waals surface area contributed by atoms with Crippen LogP contribution in [0, 0.1) is 0 Å². The third-order valence-corrected chi connectivity index (χ3v) is 4.67. The molecule has 0 aromatic rings. The van der Waals surface area contributed by atoms with Gasteiger partial charge in [-0.25, -0.2) is 4.79 Å². The monoisotopic (exact) mass is 392 g/mol. The van der Waals surface area contributed by atoms with Crippen LogP contribution >= 0.6 is 15.9 Å². The Hall–Kier alpha value is -0.670. The molecule has 23 heavy (non-hydrogen) atoms. The van der Waals surface area contributed by atoms with Crippen molar-refractivity contribution in [3.63, 3.8) is 0 Å². The lowest BCUT2D eigenvalue weighted by Gasteiger charge is -2.26. The Balaban J connectivity index is 1.90. The summed E-state index contributed by atoms with van der Waals surface area (Å²) in [6, 6.07) is 0. The van der Waals surface area contributed by atoms with E-state index in [1.165, 1.54) is 7.11 Å². The Kier molecular flexibility index (Phi) is 4.25. The van der Waals surface area contributed by atoms with Crippen LogP contribution in [0.25, 0.3) is 0 Å². The Bertz CT molecular complexity index is 542. The summed E-state index contributed by atoms with van der Waals surface area (Å²) in [6.07, 6.45) is -1.64. The van der Waals surface area contributed by atoms with E-state index in [2.05, 4.69) is 15.9 Å². The SMILES string of the molecule is COC(=O)/C(Br)=C1\O[C@H]([C@H]2COC(C)(C)O2)[C@@H]2OC(C)(C)O[C@H]12. The highest BCUT2D eigenvalue weighted by Crippen LogP contribution is 2.45. The summed E-state index contributed by atoms with van der Waals surface area (Å²) in [5.41, 5.74) is 0. The first-order chi connectivity index (χ1) is 10.6. The van der Waals surface area contributed by atoms with Crippen LogP contribution in [0.4, 0.5) is 0 Å². The predicted octanol–water partition coefficient (Wildman–Crippen LogP) is 1.84. The number of ether oxygens (including phenoxy) is 6. The minimum atomic E-state index is -0.777. The maximum Gasteiger partial charge on any atom is 0.348 e. The summed E-state index contributed by atoms with van der Waals surface area (Å²) in [7, 11) is 1.31. The second-order valence-corrected chi connectivity index (χ2v) is 7.43. The van der Waals surface area contributed by atoms with Gasteiger partial charge in [-0.1, -0.05) is 0 Å². The Morgan fingerprint density at radius 3 is 2.39 bits per heavy atom. The maximum atomic E-state index is 11.8. The minimum Gasteiger partial charge on any atom is -0.485 e. The molecule has 0 aromatic heterocycles. The lowest BCUT2D eigenvalue weighted by molar-refractivity contribution is -0.187. The molecule has 0 N–H and O–H groups in total. The van der Waals surface area contributed by atoms with E-state index in [9.17, 15) is 4.79 Å². The fraction of sp³-hybridized carbons (Fsp3) is 0.800. The summed E-state index contributed by atoms with van der Waals surface area (Å²) < 4.78 is 34.3. The molecular weight excluding hydrogens is 372 g/mol. The minimum absolute atomic E-state index is 0.192. The van der Waals surface area contributed by atoms with Gasteiger partial charge in [0, 0.05) is 0 Å². The zero-order valence-corrected chi connectivity index (χ0v) is 15.3. The van der Waals surface area contributed by atoms with Crippen LogP contribution in [0.5, 0.6) is 0 Å². The molecule has 0 saturated carbocycles. The van der Waals surface area contributed by atoms with Crippen molar-refractivity contribution in [2.45, 2.75) is 63.7 Å². The van der Waals surface area contributed by atoms with Crippen molar-refractivity contribution in [2.24, 2.45) is 0 Å². The van der Waals surface area contributed by atoms with E-state index in [0.717, 1.165) is 0 Å². The summed E-state index contributed by atoms with van der Waals surface area (Å²) in [6.45, 7) is 7.71. The smallest absolute Gasteiger partial charge is 0.348 e. The van der Waals surface area contributed by atoms with E-state index in [-0.39, 0.29) is 16.7 Å². The number of esters is 1. The normalized spacial score (nSPS) is 39.7.